The normalized spacial score (nSPS) is 15.9. The Morgan fingerprint density at radius 2 is 1.73 bits per heavy atom. The number of aryl methyl sites for hydroxylation is 2. The first kappa shape index (κ1) is 35.2. The molecule has 0 bridgehead atoms. The van der Waals surface area contributed by atoms with E-state index in [0.717, 1.165) is 67.1 Å². The number of nitrogens with zero attached hydrogens (tertiary/aromatic N) is 2. The first-order valence-corrected chi connectivity index (χ1v) is 16.9. The highest BCUT2D eigenvalue weighted by Gasteiger charge is 2.47. The first-order valence-electron chi connectivity index (χ1n) is 16.9. The summed E-state index contributed by atoms with van der Waals surface area (Å²) in [6.07, 6.45) is 4.45. The number of hydrogen-bond acceptors (Lipinski definition) is 5. The number of carboxylic acids is 1. The summed E-state index contributed by atoms with van der Waals surface area (Å²) in [4.78, 5) is 38.4. The van der Waals surface area contributed by atoms with E-state index in [4.69, 9.17) is 9.84 Å². The van der Waals surface area contributed by atoms with Crippen LogP contribution in [-0.2, 0) is 16.1 Å². The Bertz CT molecular complexity index is 2380. The predicted octanol–water partition coefficient (Wildman–Crippen LogP) is 9.12. The number of aromatic nitrogens is 3. The van der Waals surface area contributed by atoms with Gasteiger partial charge < -0.3 is 14.4 Å². The molecule has 4 aromatic carbocycles. The zero-order valence-electron chi connectivity index (χ0n) is 29.3. The van der Waals surface area contributed by atoms with Crippen LogP contribution in [0.3, 0.4) is 0 Å². The molecule has 2 N–H and O–H groups in total. The topological polar surface area (TPSA) is 114 Å². The van der Waals surface area contributed by atoms with Crippen LogP contribution in [0.15, 0.2) is 102 Å². The summed E-state index contributed by atoms with van der Waals surface area (Å²) >= 11 is 0. The minimum Gasteiger partial charge on any atom is -0.478 e. The third-order valence-corrected chi connectivity index (χ3v) is 10.0. The van der Waals surface area contributed by atoms with E-state index < -0.39 is 23.0 Å². The van der Waals surface area contributed by atoms with Gasteiger partial charge in [-0.05, 0) is 105 Å². The van der Waals surface area contributed by atoms with Gasteiger partial charge in [0.2, 0.25) is 11.6 Å². The molecule has 260 valence electrons. The zero-order valence-corrected chi connectivity index (χ0v) is 29.3. The Balaban J connectivity index is 0.000000313. The van der Waals surface area contributed by atoms with Crippen molar-refractivity contribution < 1.29 is 28.6 Å². The maximum Gasteiger partial charge on any atom is 0.335 e. The van der Waals surface area contributed by atoms with E-state index in [0.29, 0.717) is 25.0 Å². The minimum atomic E-state index is -1.08. The summed E-state index contributed by atoms with van der Waals surface area (Å²) in [6.45, 7) is 9.16. The molecule has 7 rings (SSSR count). The quantitative estimate of drug-likeness (QED) is 0.116. The summed E-state index contributed by atoms with van der Waals surface area (Å²) in [5.74, 6) is -2.11. The van der Waals surface area contributed by atoms with Crippen molar-refractivity contribution in [2.24, 2.45) is 5.41 Å². The molecule has 8 nitrogen and oxygen atoms in total. The third kappa shape index (κ3) is 6.41. The van der Waals surface area contributed by atoms with Crippen LogP contribution in [0, 0.1) is 18.2 Å². The van der Waals surface area contributed by atoms with Crippen LogP contribution in [0.2, 0.25) is 0 Å². The van der Waals surface area contributed by atoms with Crippen LogP contribution in [0.1, 0.15) is 65.5 Å². The maximum atomic E-state index is 14.6. The number of H-pyrrole nitrogens is 1. The summed E-state index contributed by atoms with van der Waals surface area (Å²) in [6, 6.07) is 22.9. The van der Waals surface area contributed by atoms with Gasteiger partial charge >= 0.3 is 5.97 Å². The van der Waals surface area contributed by atoms with Crippen LogP contribution in [0.4, 0.5) is 4.39 Å². The second kappa shape index (κ2) is 14.3. The number of carbonyl (C=O) groups excluding carboxylic acids is 2. The molecule has 1 atom stereocenters. The van der Waals surface area contributed by atoms with Crippen LogP contribution in [0.25, 0.3) is 38.3 Å². The van der Waals surface area contributed by atoms with Gasteiger partial charge in [0.05, 0.1) is 28.2 Å². The summed E-state index contributed by atoms with van der Waals surface area (Å²) in [5, 5.41) is 17.8. The van der Waals surface area contributed by atoms with Crippen LogP contribution >= 0.6 is 0 Å². The smallest absolute Gasteiger partial charge is 0.335 e. The van der Waals surface area contributed by atoms with Crippen molar-refractivity contribution in [1.82, 2.24) is 14.8 Å². The van der Waals surface area contributed by atoms with Gasteiger partial charge in [-0.15, -0.1) is 0 Å². The Labute approximate surface area is 295 Å². The fraction of sp³-hybridized carbons (Fsp3) is 0.238. The number of ketones is 2. The number of aromatic amines is 1. The maximum absolute atomic E-state index is 14.6. The lowest BCUT2D eigenvalue weighted by Crippen LogP contribution is -2.40. The van der Waals surface area contributed by atoms with Crippen molar-refractivity contribution >= 4 is 55.8 Å². The molecule has 51 heavy (non-hydrogen) atoms. The number of nitrogens with one attached hydrogen (secondary N) is 1. The number of Topliss-reactive ketones (excluding diaryl/α,β-unsaturated/α-hetero) is 2. The molecule has 2 aromatic heterocycles. The van der Waals surface area contributed by atoms with Crippen molar-refractivity contribution in [3.05, 3.63) is 130 Å². The molecule has 2 heterocycles. The number of ether oxygens (including phenoxy) is 1. The van der Waals surface area contributed by atoms with Gasteiger partial charge in [0.15, 0.2) is 0 Å². The number of fused-ring (bicyclic) bond motifs is 4. The molecule has 0 amide bonds. The number of carboxylic acid groups (broad SMARTS) is 1. The second-order valence-electron chi connectivity index (χ2n) is 13.0. The molecular formula is C42H40FN3O5. The van der Waals surface area contributed by atoms with Gasteiger partial charge in [0.1, 0.15) is 5.82 Å². The molecule has 0 spiro atoms. The summed E-state index contributed by atoms with van der Waals surface area (Å²) < 4.78 is 22.3. The standard InChI is InChI=1S/C34H34FNO3.C8H6N2O2/c1-6-36-29-13-12-25(19-27(29)28-20-26(35)18-22(3)31(28)36)30-23(4)21(2)14-15-34(30,16-17-39-5)33(38)32(37)24-10-8-7-9-11-24;11-8(12)5-1-2-7-6(3-5)4-9-10-7/h7-14,18-20H,6,15-17H2,1-5H3;1-4H,(H,9,10)(H,11,12). The fourth-order valence-corrected chi connectivity index (χ4v) is 7.36. The Kier molecular flexibility index (Phi) is 9.85. The van der Waals surface area contributed by atoms with Gasteiger partial charge in [-0.2, -0.15) is 5.10 Å². The molecular weight excluding hydrogens is 645 g/mol. The lowest BCUT2D eigenvalue weighted by Gasteiger charge is -2.38. The number of carbonyl (C=O) groups is 3. The molecule has 1 unspecified atom stereocenters. The minimum absolute atomic E-state index is 0.273. The number of hydrogen-bond donors (Lipinski definition) is 2. The van der Waals surface area contributed by atoms with E-state index in [9.17, 15) is 18.8 Å². The number of methoxy groups -OCH3 is 1. The van der Waals surface area contributed by atoms with E-state index in [1.54, 1.807) is 67.9 Å². The summed E-state index contributed by atoms with van der Waals surface area (Å²) in [7, 11) is 1.61. The number of benzene rings is 4. The van der Waals surface area contributed by atoms with Crippen molar-refractivity contribution in [1.29, 1.82) is 0 Å². The van der Waals surface area contributed by atoms with E-state index in [1.807, 2.05) is 32.9 Å². The third-order valence-electron chi connectivity index (χ3n) is 10.0. The van der Waals surface area contributed by atoms with Gasteiger partial charge in [0, 0.05) is 47.5 Å². The number of aromatic carboxylic acids is 1. The van der Waals surface area contributed by atoms with Gasteiger partial charge in [-0.1, -0.05) is 48.0 Å². The monoisotopic (exact) mass is 685 g/mol. The Hall–Kier alpha value is -5.67. The fourth-order valence-electron chi connectivity index (χ4n) is 7.36. The highest BCUT2D eigenvalue weighted by Crippen LogP contribution is 2.50. The van der Waals surface area contributed by atoms with Crippen molar-refractivity contribution in [3.8, 4) is 0 Å². The largest absolute Gasteiger partial charge is 0.478 e. The van der Waals surface area contributed by atoms with E-state index in [-0.39, 0.29) is 11.4 Å². The first-order chi connectivity index (χ1) is 24.5. The molecule has 0 saturated heterocycles. The highest BCUT2D eigenvalue weighted by molar-refractivity contribution is 6.47. The van der Waals surface area contributed by atoms with Crippen molar-refractivity contribution in [3.63, 3.8) is 0 Å². The number of rotatable bonds is 9. The molecule has 1 aliphatic rings. The number of allylic oxidation sites excluding steroid dienone is 4. The van der Waals surface area contributed by atoms with Crippen LogP contribution < -0.4 is 0 Å². The lowest BCUT2D eigenvalue weighted by atomic mass is 9.63. The molecule has 0 fully saturated rings. The van der Waals surface area contributed by atoms with Gasteiger partial charge in [-0.3, -0.25) is 14.7 Å². The Morgan fingerprint density at radius 3 is 2.43 bits per heavy atom. The number of halogens is 1. The van der Waals surface area contributed by atoms with Crippen molar-refractivity contribution in [2.45, 2.75) is 47.1 Å². The molecule has 0 saturated carbocycles. The Morgan fingerprint density at radius 1 is 0.961 bits per heavy atom. The predicted molar refractivity (Wildman–Crippen MR) is 199 cm³/mol. The lowest BCUT2D eigenvalue weighted by molar-refractivity contribution is -0.122. The molecule has 9 heteroatoms. The van der Waals surface area contributed by atoms with Crippen LogP contribution in [-0.4, -0.2) is 51.1 Å². The molecule has 6 aromatic rings. The van der Waals surface area contributed by atoms with Crippen molar-refractivity contribution in [2.75, 3.05) is 13.7 Å². The zero-order chi connectivity index (χ0) is 36.4. The molecule has 0 radical (unpaired) electrons. The van der Waals surface area contributed by atoms with E-state index in [2.05, 4.69) is 39.9 Å². The van der Waals surface area contributed by atoms with Gasteiger partial charge in [-0.25, -0.2) is 9.18 Å². The average molecular weight is 686 g/mol. The summed E-state index contributed by atoms with van der Waals surface area (Å²) in [5.41, 5.74) is 7.12. The van der Waals surface area contributed by atoms with Crippen LogP contribution in [0.5, 0.6) is 0 Å². The average Bonchev–Trinajstić information content (AvgIpc) is 3.74. The molecule has 0 aliphatic heterocycles. The molecule has 1 aliphatic carbocycles. The van der Waals surface area contributed by atoms with E-state index in [1.165, 1.54) is 0 Å². The second-order valence-corrected chi connectivity index (χ2v) is 13.0. The van der Waals surface area contributed by atoms with Gasteiger partial charge in [0.25, 0.3) is 0 Å². The highest BCUT2D eigenvalue weighted by atomic mass is 19.1. The SMILES string of the molecule is CCn1c2ccc(C3=C(C)C(C)=CCC3(CCOC)C(=O)C(=O)c3ccccc3)cc2c2cc(F)cc(C)c21.O=C(O)c1ccc2[nH]ncc2c1. The van der Waals surface area contributed by atoms with E-state index >= 15 is 0 Å².